The molecule has 1 aromatic heterocycles. The summed E-state index contributed by atoms with van der Waals surface area (Å²) in [6.07, 6.45) is 4.01. The smallest absolute Gasteiger partial charge is 0.276 e. The lowest BCUT2D eigenvalue weighted by atomic mass is 9.96. The Morgan fingerprint density at radius 1 is 1.03 bits per heavy atom. The maximum atomic E-state index is 12.8. The molecule has 0 bridgehead atoms. The molecule has 3 heterocycles. The summed E-state index contributed by atoms with van der Waals surface area (Å²) in [5.41, 5.74) is 1.69. The minimum absolute atomic E-state index is 0.0816. The second-order valence-electron chi connectivity index (χ2n) is 8.36. The number of aryl methyl sites for hydroxylation is 2. The molecule has 4 rings (SSSR count). The topological polar surface area (TPSA) is 75.9 Å². The number of ether oxygens (including phenoxy) is 1. The van der Waals surface area contributed by atoms with Crippen molar-refractivity contribution in [2.24, 2.45) is 0 Å². The highest BCUT2D eigenvalue weighted by atomic mass is 16.5. The van der Waals surface area contributed by atoms with Crippen LogP contribution in [0.3, 0.4) is 0 Å². The van der Waals surface area contributed by atoms with E-state index in [9.17, 15) is 9.59 Å². The molecule has 0 N–H and O–H groups in total. The van der Waals surface area contributed by atoms with E-state index in [1.165, 1.54) is 5.56 Å². The van der Waals surface area contributed by atoms with Gasteiger partial charge in [0.25, 0.3) is 5.91 Å². The van der Waals surface area contributed by atoms with Gasteiger partial charge in [-0.2, -0.15) is 0 Å². The molecular formula is C24H31N3O4. The van der Waals surface area contributed by atoms with Gasteiger partial charge in [-0.15, -0.1) is 0 Å². The Labute approximate surface area is 183 Å². The van der Waals surface area contributed by atoms with Gasteiger partial charge in [0, 0.05) is 38.5 Å². The van der Waals surface area contributed by atoms with Crippen LogP contribution in [0, 0.1) is 6.92 Å². The van der Waals surface area contributed by atoms with Crippen LogP contribution in [0.15, 0.2) is 34.7 Å². The molecule has 0 atom stereocenters. The van der Waals surface area contributed by atoms with Gasteiger partial charge in [-0.1, -0.05) is 30.3 Å². The van der Waals surface area contributed by atoms with Gasteiger partial charge in [-0.05, 0) is 38.2 Å². The Morgan fingerprint density at radius 3 is 2.45 bits per heavy atom. The summed E-state index contributed by atoms with van der Waals surface area (Å²) in [5, 5.41) is 0. The molecule has 0 aliphatic carbocycles. The molecule has 0 unspecified atom stereocenters. The summed E-state index contributed by atoms with van der Waals surface area (Å²) in [4.78, 5) is 33.6. The summed E-state index contributed by atoms with van der Waals surface area (Å²) >= 11 is 0. The van der Waals surface area contributed by atoms with E-state index in [4.69, 9.17) is 9.15 Å². The molecule has 7 nitrogen and oxygen atoms in total. The summed E-state index contributed by atoms with van der Waals surface area (Å²) in [7, 11) is 0. The molecule has 0 saturated carbocycles. The molecule has 31 heavy (non-hydrogen) atoms. The predicted molar refractivity (Wildman–Crippen MR) is 116 cm³/mol. The van der Waals surface area contributed by atoms with Crippen LogP contribution in [0.5, 0.6) is 0 Å². The maximum absolute atomic E-state index is 12.8. The van der Waals surface area contributed by atoms with E-state index in [1.807, 2.05) is 23.1 Å². The molecule has 2 fully saturated rings. The first-order valence-corrected chi connectivity index (χ1v) is 11.3. The fourth-order valence-electron chi connectivity index (χ4n) is 4.33. The van der Waals surface area contributed by atoms with Crippen LogP contribution in [0.25, 0.3) is 0 Å². The number of morpholine rings is 1. The maximum Gasteiger partial charge on any atom is 0.276 e. The highest BCUT2D eigenvalue weighted by Gasteiger charge is 2.30. The Morgan fingerprint density at radius 2 is 1.74 bits per heavy atom. The van der Waals surface area contributed by atoms with Crippen LogP contribution in [-0.4, -0.2) is 66.0 Å². The second kappa shape index (κ2) is 10.1. The number of likely N-dealkylation sites (tertiary alicyclic amines) is 1. The SMILES string of the molecule is Cc1oc(C2CCN(C(=O)CCCc3ccccc3)CC2)nc1C(=O)N1CCOCC1. The Bertz CT molecular complexity index is 881. The lowest BCUT2D eigenvalue weighted by molar-refractivity contribution is -0.132. The van der Waals surface area contributed by atoms with Crippen molar-refractivity contribution in [1.29, 1.82) is 0 Å². The summed E-state index contributed by atoms with van der Waals surface area (Å²) in [6.45, 7) is 5.53. The van der Waals surface area contributed by atoms with Gasteiger partial charge >= 0.3 is 0 Å². The molecule has 2 saturated heterocycles. The molecule has 2 amide bonds. The third-order valence-electron chi connectivity index (χ3n) is 6.21. The third-order valence-corrected chi connectivity index (χ3v) is 6.21. The van der Waals surface area contributed by atoms with Crippen LogP contribution >= 0.6 is 0 Å². The Kier molecular flexibility index (Phi) is 7.02. The van der Waals surface area contributed by atoms with Gasteiger partial charge in [0.05, 0.1) is 13.2 Å². The normalized spacial score (nSPS) is 17.7. The highest BCUT2D eigenvalue weighted by molar-refractivity contribution is 5.93. The van der Waals surface area contributed by atoms with E-state index in [2.05, 4.69) is 17.1 Å². The average molecular weight is 426 g/mol. The van der Waals surface area contributed by atoms with Crippen molar-refractivity contribution in [1.82, 2.24) is 14.8 Å². The van der Waals surface area contributed by atoms with E-state index in [0.717, 1.165) is 25.7 Å². The second-order valence-corrected chi connectivity index (χ2v) is 8.36. The number of oxazole rings is 1. The number of nitrogens with zero attached hydrogens (tertiary/aromatic N) is 3. The monoisotopic (exact) mass is 425 g/mol. The first-order chi connectivity index (χ1) is 15.1. The first-order valence-electron chi connectivity index (χ1n) is 11.3. The van der Waals surface area contributed by atoms with Gasteiger partial charge in [0.2, 0.25) is 5.91 Å². The number of hydrogen-bond acceptors (Lipinski definition) is 5. The standard InChI is InChI=1S/C24H31N3O4/c1-18-22(24(29)27-14-16-30-17-15-27)25-23(31-18)20-10-12-26(13-11-20)21(28)9-5-8-19-6-3-2-4-7-19/h2-4,6-7,20H,5,8-17H2,1H3. The van der Waals surface area contributed by atoms with Crippen LogP contribution in [0.2, 0.25) is 0 Å². The number of aromatic nitrogens is 1. The van der Waals surface area contributed by atoms with Crippen molar-refractivity contribution < 1.29 is 18.7 Å². The predicted octanol–water partition coefficient (Wildman–Crippen LogP) is 3.18. The van der Waals surface area contributed by atoms with Crippen molar-refractivity contribution in [3.05, 3.63) is 53.2 Å². The molecule has 166 valence electrons. The van der Waals surface area contributed by atoms with E-state index in [0.29, 0.717) is 63.2 Å². The average Bonchev–Trinajstić information content (AvgIpc) is 3.21. The minimum Gasteiger partial charge on any atom is -0.445 e. The van der Waals surface area contributed by atoms with Crippen molar-refractivity contribution in [3.63, 3.8) is 0 Å². The van der Waals surface area contributed by atoms with E-state index < -0.39 is 0 Å². The molecule has 2 aromatic rings. The molecule has 0 spiro atoms. The van der Waals surface area contributed by atoms with Crippen LogP contribution in [0.1, 0.15) is 59.3 Å². The zero-order chi connectivity index (χ0) is 21.6. The molecule has 2 aliphatic heterocycles. The Hall–Kier alpha value is -2.67. The van der Waals surface area contributed by atoms with Crippen molar-refractivity contribution >= 4 is 11.8 Å². The fraction of sp³-hybridized carbons (Fsp3) is 0.542. The van der Waals surface area contributed by atoms with Gasteiger partial charge < -0.3 is 19.0 Å². The Balaban J connectivity index is 1.26. The number of amides is 2. The number of carbonyl (C=O) groups excluding carboxylic acids is 2. The van der Waals surface area contributed by atoms with Gasteiger partial charge in [0.15, 0.2) is 11.6 Å². The molecule has 2 aliphatic rings. The minimum atomic E-state index is -0.0816. The lowest BCUT2D eigenvalue weighted by Crippen LogP contribution is -2.41. The summed E-state index contributed by atoms with van der Waals surface area (Å²) in [6, 6.07) is 10.3. The number of carbonyl (C=O) groups is 2. The van der Waals surface area contributed by atoms with Crippen molar-refractivity contribution in [2.45, 2.75) is 44.9 Å². The highest BCUT2D eigenvalue weighted by Crippen LogP contribution is 2.29. The number of piperidine rings is 1. The molecule has 1 aromatic carbocycles. The lowest BCUT2D eigenvalue weighted by Gasteiger charge is -2.30. The van der Waals surface area contributed by atoms with Gasteiger partial charge in [-0.25, -0.2) is 4.98 Å². The quantitative estimate of drug-likeness (QED) is 0.711. The number of hydrogen-bond donors (Lipinski definition) is 0. The summed E-state index contributed by atoms with van der Waals surface area (Å²) in [5.74, 6) is 1.50. The van der Waals surface area contributed by atoms with Gasteiger partial charge in [-0.3, -0.25) is 9.59 Å². The molecular weight excluding hydrogens is 394 g/mol. The van der Waals surface area contributed by atoms with E-state index in [-0.39, 0.29) is 17.7 Å². The number of rotatable bonds is 6. The van der Waals surface area contributed by atoms with E-state index >= 15 is 0 Å². The molecule has 7 heteroatoms. The largest absolute Gasteiger partial charge is 0.445 e. The first kappa shape index (κ1) is 21.6. The third kappa shape index (κ3) is 5.34. The van der Waals surface area contributed by atoms with Crippen LogP contribution < -0.4 is 0 Å². The molecule has 0 radical (unpaired) electrons. The van der Waals surface area contributed by atoms with Crippen LogP contribution in [-0.2, 0) is 16.0 Å². The zero-order valence-corrected chi connectivity index (χ0v) is 18.2. The van der Waals surface area contributed by atoms with Crippen molar-refractivity contribution in [3.8, 4) is 0 Å². The summed E-state index contributed by atoms with van der Waals surface area (Å²) < 4.78 is 11.2. The number of benzene rings is 1. The van der Waals surface area contributed by atoms with Crippen LogP contribution in [0.4, 0.5) is 0 Å². The fourth-order valence-corrected chi connectivity index (χ4v) is 4.33. The van der Waals surface area contributed by atoms with E-state index in [1.54, 1.807) is 11.8 Å². The zero-order valence-electron chi connectivity index (χ0n) is 18.2. The van der Waals surface area contributed by atoms with Crippen molar-refractivity contribution in [2.75, 3.05) is 39.4 Å². The van der Waals surface area contributed by atoms with Gasteiger partial charge in [0.1, 0.15) is 5.76 Å².